The lowest BCUT2D eigenvalue weighted by molar-refractivity contribution is -0.118. The van der Waals surface area contributed by atoms with Gasteiger partial charge in [-0.15, -0.1) is 0 Å². The molecule has 0 fully saturated rings. The highest BCUT2D eigenvalue weighted by Gasteiger charge is 2.12. The molecule has 0 aliphatic rings. The van der Waals surface area contributed by atoms with Crippen LogP contribution in [0.3, 0.4) is 0 Å². The molecule has 23 heavy (non-hydrogen) atoms. The van der Waals surface area contributed by atoms with Crippen molar-refractivity contribution in [3.05, 3.63) is 59.2 Å². The standard InChI is InChI=1S/C20H25NO2/c1-5-14(2)17-11-6-7-12-18(17)21-19(22)13-23-20-15(3)9-8-10-16(20)4/h6-12,14H,5,13H2,1-4H3,(H,21,22)/t14-/m1/s1. The van der Waals surface area contributed by atoms with Crippen LogP contribution in [0.15, 0.2) is 42.5 Å². The third-order valence-corrected chi connectivity index (χ3v) is 4.13. The number of aryl methyl sites for hydroxylation is 2. The van der Waals surface area contributed by atoms with Gasteiger partial charge in [0.15, 0.2) is 6.61 Å². The van der Waals surface area contributed by atoms with E-state index in [-0.39, 0.29) is 12.5 Å². The third-order valence-electron chi connectivity index (χ3n) is 4.13. The number of benzene rings is 2. The number of hydrogen-bond acceptors (Lipinski definition) is 2. The zero-order valence-electron chi connectivity index (χ0n) is 14.3. The van der Waals surface area contributed by atoms with Gasteiger partial charge in [0, 0.05) is 5.69 Å². The van der Waals surface area contributed by atoms with E-state index in [0.29, 0.717) is 5.92 Å². The van der Waals surface area contributed by atoms with E-state index in [9.17, 15) is 4.79 Å². The molecule has 0 radical (unpaired) electrons. The highest BCUT2D eigenvalue weighted by atomic mass is 16.5. The summed E-state index contributed by atoms with van der Waals surface area (Å²) in [6, 6.07) is 13.9. The molecule has 0 aliphatic carbocycles. The molecule has 2 aromatic rings. The fourth-order valence-corrected chi connectivity index (χ4v) is 2.61. The Hall–Kier alpha value is -2.29. The van der Waals surface area contributed by atoms with E-state index in [0.717, 1.165) is 34.5 Å². The lowest BCUT2D eigenvalue weighted by Crippen LogP contribution is -2.21. The summed E-state index contributed by atoms with van der Waals surface area (Å²) < 4.78 is 5.72. The number of hydrogen-bond donors (Lipinski definition) is 1. The molecule has 1 amide bonds. The molecule has 0 heterocycles. The molecular formula is C20H25NO2. The van der Waals surface area contributed by atoms with Crippen molar-refractivity contribution >= 4 is 11.6 Å². The second-order valence-corrected chi connectivity index (χ2v) is 5.95. The SMILES string of the molecule is CC[C@@H](C)c1ccccc1NC(=O)COc1c(C)cccc1C. The Labute approximate surface area is 138 Å². The number of carbonyl (C=O) groups is 1. The van der Waals surface area contributed by atoms with Crippen LogP contribution in [-0.4, -0.2) is 12.5 Å². The minimum absolute atomic E-state index is 0.0144. The van der Waals surface area contributed by atoms with Gasteiger partial charge in [0.05, 0.1) is 0 Å². The molecule has 122 valence electrons. The summed E-state index contributed by atoms with van der Waals surface area (Å²) in [4.78, 5) is 12.2. The molecule has 0 aromatic heterocycles. The Bertz CT molecular complexity index is 659. The van der Waals surface area contributed by atoms with Gasteiger partial charge in [-0.2, -0.15) is 0 Å². The first-order chi connectivity index (χ1) is 11.0. The van der Waals surface area contributed by atoms with Crippen molar-refractivity contribution in [1.29, 1.82) is 0 Å². The Morgan fingerprint density at radius 3 is 2.39 bits per heavy atom. The van der Waals surface area contributed by atoms with Crippen LogP contribution >= 0.6 is 0 Å². The minimum atomic E-state index is -0.136. The number of nitrogens with one attached hydrogen (secondary N) is 1. The van der Waals surface area contributed by atoms with Crippen LogP contribution in [0.5, 0.6) is 5.75 Å². The first-order valence-electron chi connectivity index (χ1n) is 8.10. The van der Waals surface area contributed by atoms with Gasteiger partial charge in [-0.05, 0) is 48.9 Å². The van der Waals surface area contributed by atoms with Gasteiger partial charge in [-0.3, -0.25) is 4.79 Å². The lowest BCUT2D eigenvalue weighted by atomic mass is 9.97. The molecule has 3 nitrogen and oxygen atoms in total. The third kappa shape index (κ3) is 4.35. The molecule has 0 saturated heterocycles. The molecule has 3 heteroatoms. The minimum Gasteiger partial charge on any atom is -0.483 e. The van der Waals surface area contributed by atoms with Crippen LogP contribution in [0, 0.1) is 13.8 Å². The van der Waals surface area contributed by atoms with Gasteiger partial charge in [0.1, 0.15) is 5.75 Å². The van der Waals surface area contributed by atoms with Crippen LogP contribution in [0.25, 0.3) is 0 Å². The molecule has 0 saturated carbocycles. The quantitative estimate of drug-likeness (QED) is 0.829. The monoisotopic (exact) mass is 311 g/mol. The topological polar surface area (TPSA) is 38.3 Å². The second-order valence-electron chi connectivity index (χ2n) is 5.95. The van der Waals surface area contributed by atoms with Gasteiger partial charge in [-0.1, -0.05) is 50.2 Å². The van der Waals surface area contributed by atoms with Crippen molar-refractivity contribution in [2.75, 3.05) is 11.9 Å². The molecule has 1 N–H and O–H groups in total. The average Bonchev–Trinajstić information content (AvgIpc) is 2.54. The van der Waals surface area contributed by atoms with Crippen molar-refractivity contribution in [3.63, 3.8) is 0 Å². The molecule has 0 bridgehead atoms. The zero-order chi connectivity index (χ0) is 16.8. The van der Waals surface area contributed by atoms with Gasteiger partial charge < -0.3 is 10.1 Å². The normalized spacial score (nSPS) is 11.8. The van der Waals surface area contributed by atoms with Crippen molar-refractivity contribution < 1.29 is 9.53 Å². The second kappa shape index (κ2) is 7.82. The number of amides is 1. The number of ether oxygens (including phenoxy) is 1. The van der Waals surface area contributed by atoms with Crippen molar-refractivity contribution in [2.45, 2.75) is 40.0 Å². The van der Waals surface area contributed by atoms with Gasteiger partial charge in [0.25, 0.3) is 5.91 Å². The summed E-state index contributed by atoms with van der Waals surface area (Å²) in [5.74, 6) is 1.06. The van der Waals surface area contributed by atoms with E-state index in [1.54, 1.807) is 0 Å². The lowest BCUT2D eigenvalue weighted by Gasteiger charge is -2.16. The predicted octanol–water partition coefficient (Wildman–Crippen LogP) is 4.83. The van der Waals surface area contributed by atoms with Crippen LogP contribution in [-0.2, 0) is 4.79 Å². The van der Waals surface area contributed by atoms with Gasteiger partial charge in [-0.25, -0.2) is 0 Å². The highest BCUT2D eigenvalue weighted by molar-refractivity contribution is 5.92. The van der Waals surface area contributed by atoms with E-state index >= 15 is 0 Å². The summed E-state index contributed by atoms with van der Waals surface area (Å²) in [5, 5.41) is 2.97. The Morgan fingerprint density at radius 1 is 1.09 bits per heavy atom. The zero-order valence-corrected chi connectivity index (χ0v) is 14.3. The van der Waals surface area contributed by atoms with Crippen LogP contribution in [0.4, 0.5) is 5.69 Å². The smallest absolute Gasteiger partial charge is 0.262 e. The van der Waals surface area contributed by atoms with Gasteiger partial charge in [0.2, 0.25) is 0 Å². The molecule has 0 aliphatic heterocycles. The van der Waals surface area contributed by atoms with Crippen molar-refractivity contribution in [2.24, 2.45) is 0 Å². The molecular weight excluding hydrogens is 286 g/mol. The molecule has 2 rings (SSSR count). The van der Waals surface area contributed by atoms with E-state index in [1.807, 2.05) is 50.2 Å². The Balaban J connectivity index is 2.03. The van der Waals surface area contributed by atoms with Crippen molar-refractivity contribution in [3.8, 4) is 5.75 Å². The summed E-state index contributed by atoms with van der Waals surface area (Å²) in [6.07, 6.45) is 1.03. The Kier molecular flexibility index (Phi) is 5.80. The highest BCUT2D eigenvalue weighted by Crippen LogP contribution is 2.26. The molecule has 2 aromatic carbocycles. The Morgan fingerprint density at radius 2 is 1.74 bits per heavy atom. The first kappa shape index (κ1) is 17.1. The molecule has 0 spiro atoms. The number of anilines is 1. The van der Waals surface area contributed by atoms with E-state index in [4.69, 9.17) is 4.74 Å². The summed E-state index contributed by atoms with van der Waals surface area (Å²) >= 11 is 0. The first-order valence-corrected chi connectivity index (χ1v) is 8.10. The fourth-order valence-electron chi connectivity index (χ4n) is 2.61. The molecule has 0 unspecified atom stereocenters. The number of rotatable bonds is 6. The summed E-state index contributed by atoms with van der Waals surface area (Å²) in [6.45, 7) is 8.29. The average molecular weight is 311 g/mol. The van der Waals surface area contributed by atoms with Gasteiger partial charge >= 0.3 is 0 Å². The van der Waals surface area contributed by atoms with Crippen LogP contribution in [0.2, 0.25) is 0 Å². The van der Waals surface area contributed by atoms with E-state index in [2.05, 4.69) is 25.2 Å². The van der Waals surface area contributed by atoms with E-state index < -0.39 is 0 Å². The summed E-state index contributed by atoms with van der Waals surface area (Å²) in [5.41, 5.74) is 4.11. The largest absolute Gasteiger partial charge is 0.483 e. The maximum absolute atomic E-state index is 12.2. The number of para-hydroxylation sites is 2. The number of carbonyl (C=O) groups excluding carboxylic acids is 1. The van der Waals surface area contributed by atoms with Crippen LogP contribution < -0.4 is 10.1 Å². The van der Waals surface area contributed by atoms with Crippen LogP contribution in [0.1, 0.15) is 42.9 Å². The predicted molar refractivity (Wildman–Crippen MR) is 95.2 cm³/mol. The van der Waals surface area contributed by atoms with E-state index in [1.165, 1.54) is 0 Å². The molecule has 1 atom stereocenters. The van der Waals surface area contributed by atoms with Crippen molar-refractivity contribution in [1.82, 2.24) is 0 Å². The maximum atomic E-state index is 12.2. The fraction of sp³-hybridized carbons (Fsp3) is 0.350. The summed E-state index contributed by atoms with van der Waals surface area (Å²) in [7, 11) is 0. The maximum Gasteiger partial charge on any atom is 0.262 e.